The Morgan fingerprint density at radius 3 is 2.46 bits per heavy atom. The molecule has 2 aromatic rings. The van der Waals surface area contributed by atoms with E-state index in [9.17, 15) is 0 Å². The van der Waals surface area contributed by atoms with Crippen molar-refractivity contribution < 1.29 is 0 Å². The van der Waals surface area contributed by atoms with Crippen LogP contribution in [0.25, 0.3) is 11.1 Å². The van der Waals surface area contributed by atoms with E-state index in [-0.39, 0.29) is 11.1 Å². The smallest absolute Gasteiger partial charge is 0.127 e. The van der Waals surface area contributed by atoms with Gasteiger partial charge in [-0.1, -0.05) is 35.5 Å². The van der Waals surface area contributed by atoms with Crippen molar-refractivity contribution in [3.8, 4) is 11.1 Å². The minimum absolute atomic E-state index is 0.109. The van der Waals surface area contributed by atoms with Crippen molar-refractivity contribution in [1.29, 1.82) is 0 Å². The Labute approximate surface area is 176 Å². The number of aromatic nitrogens is 2. The van der Waals surface area contributed by atoms with Crippen molar-refractivity contribution in [2.24, 2.45) is 12.1 Å². The Hall–Kier alpha value is -1.50. The molecule has 2 aliphatic rings. The number of rotatable bonds is 3. The second-order valence-electron chi connectivity index (χ2n) is 9.17. The largest absolute Gasteiger partial charge is 0.307 e. The lowest BCUT2D eigenvalue weighted by molar-refractivity contribution is 0.0816. The van der Waals surface area contributed by atoms with Crippen molar-refractivity contribution in [3.05, 3.63) is 41.2 Å². The normalized spacial score (nSPS) is 21.8. The van der Waals surface area contributed by atoms with Gasteiger partial charge in [-0.3, -0.25) is 9.69 Å². The van der Waals surface area contributed by atoms with E-state index in [2.05, 4.69) is 55.3 Å². The van der Waals surface area contributed by atoms with Gasteiger partial charge in [-0.25, -0.2) is 0 Å². The van der Waals surface area contributed by atoms with Gasteiger partial charge < -0.3 is 5.32 Å². The topological polar surface area (TPSA) is 45.5 Å². The van der Waals surface area contributed by atoms with Gasteiger partial charge in [-0.05, 0) is 52.2 Å². The molecular formula is C21H28ClN5S. The van der Waals surface area contributed by atoms with E-state index < -0.39 is 0 Å². The summed E-state index contributed by atoms with van der Waals surface area (Å²) < 4.78 is 1.80. The fraction of sp³-hybridized carbons (Fsp3) is 0.524. The quantitative estimate of drug-likeness (QED) is 0.784. The predicted octanol–water partition coefficient (Wildman–Crippen LogP) is 4.72. The van der Waals surface area contributed by atoms with E-state index in [0.29, 0.717) is 6.04 Å². The molecule has 1 fully saturated rings. The lowest BCUT2D eigenvalue weighted by Crippen LogP contribution is -2.61. The van der Waals surface area contributed by atoms with Crippen LogP contribution in [0.15, 0.2) is 35.7 Å². The molecule has 3 heterocycles. The third-order valence-corrected chi connectivity index (χ3v) is 6.66. The number of aryl methyl sites for hydroxylation is 1. The molecule has 28 heavy (non-hydrogen) atoms. The maximum absolute atomic E-state index is 6.64. The summed E-state index contributed by atoms with van der Waals surface area (Å²) in [5, 5.41) is 17.0. The van der Waals surface area contributed by atoms with Crippen molar-refractivity contribution in [1.82, 2.24) is 20.1 Å². The Balaban J connectivity index is 1.56. The average molecular weight is 418 g/mol. The maximum Gasteiger partial charge on any atom is 0.127 e. The van der Waals surface area contributed by atoms with Crippen molar-refractivity contribution >= 4 is 28.4 Å². The second kappa shape index (κ2) is 7.08. The second-order valence-corrected chi connectivity index (χ2v) is 10.5. The van der Waals surface area contributed by atoms with E-state index in [0.717, 1.165) is 45.5 Å². The first-order chi connectivity index (χ1) is 13.1. The summed E-state index contributed by atoms with van der Waals surface area (Å²) in [4.78, 5) is 0. The standard InChI is InChI=1S/C21H28ClN5S/c1-20(2)9-16(10-21(3,4)25-20)27-13-28-19(24-27)17-7-6-14(8-18(17)22)15-11-23-26(5)12-15/h6-8,11-12,16,25H,9-10,13H2,1-5H3. The van der Waals surface area contributed by atoms with Gasteiger partial charge in [0, 0.05) is 35.4 Å². The Morgan fingerprint density at radius 2 is 1.86 bits per heavy atom. The first kappa shape index (κ1) is 19.8. The molecule has 0 spiro atoms. The molecule has 0 saturated carbocycles. The molecule has 2 aliphatic heterocycles. The zero-order valence-electron chi connectivity index (χ0n) is 17.2. The Kier molecular flexibility index (Phi) is 5.01. The Morgan fingerprint density at radius 1 is 1.14 bits per heavy atom. The number of nitrogens with one attached hydrogen (secondary N) is 1. The van der Waals surface area contributed by atoms with Gasteiger partial charge in [0.15, 0.2) is 0 Å². The van der Waals surface area contributed by atoms with Gasteiger partial charge in [-0.15, -0.1) is 0 Å². The molecule has 0 amide bonds. The van der Waals surface area contributed by atoms with Crippen LogP contribution in [0.4, 0.5) is 0 Å². The van der Waals surface area contributed by atoms with E-state index in [1.807, 2.05) is 25.5 Å². The number of nitrogens with zero attached hydrogens (tertiary/aromatic N) is 4. The molecule has 1 saturated heterocycles. The van der Waals surface area contributed by atoms with Crippen LogP contribution in [0.2, 0.25) is 5.02 Å². The van der Waals surface area contributed by atoms with Gasteiger partial charge in [0.1, 0.15) is 5.04 Å². The SMILES string of the molecule is Cn1cc(-c2ccc(C3=NN(C4CC(C)(C)NC(C)(C)C4)CS3)c(Cl)c2)cn1. The average Bonchev–Trinajstić information content (AvgIpc) is 3.21. The van der Waals surface area contributed by atoms with Gasteiger partial charge in [0.25, 0.3) is 0 Å². The molecule has 7 heteroatoms. The van der Waals surface area contributed by atoms with Crippen LogP contribution >= 0.6 is 23.4 Å². The lowest BCUT2D eigenvalue weighted by atomic mass is 9.79. The highest BCUT2D eigenvalue weighted by atomic mass is 35.5. The van der Waals surface area contributed by atoms with Crippen LogP contribution in [0.3, 0.4) is 0 Å². The molecule has 1 N–H and O–H groups in total. The highest BCUT2D eigenvalue weighted by Crippen LogP contribution is 2.36. The van der Waals surface area contributed by atoms with E-state index in [1.165, 1.54) is 0 Å². The predicted molar refractivity (Wildman–Crippen MR) is 119 cm³/mol. The molecule has 0 radical (unpaired) electrons. The minimum atomic E-state index is 0.109. The van der Waals surface area contributed by atoms with E-state index in [4.69, 9.17) is 16.7 Å². The molecule has 0 atom stereocenters. The van der Waals surface area contributed by atoms with Crippen LogP contribution in [-0.4, -0.2) is 42.8 Å². The molecule has 0 bridgehead atoms. The highest BCUT2D eigenvalue weighted by molar-refractivity contribution is 8.14. The summed E-state index contributed by atoms with van der Waals surface area (Å²) >= 11 is 8.41. The molecular weight excluding hydrogens is 390 g/mol. The first-order valence-electron chi connectivity index (χ1n) is 9.68. The number of thioether (sulfide) groups is 1. The Bertz CT molecular complexity index is 901. The first-order valence-corrected chi connectivity index (χ1v) is 11.0. The number of piperidine rings is 1. The zero-order chi connectivity index (χ0) is 20.1. The molecule has 1 aromatic carbocycles. The number of hydrogen-bond donors (Lipinski definition) is 1. The molecule has 4 rings (SSSR count). The van der Waals surface area contributed by atoms with Crippen LogP contribution in [0, 0.1) is 0 Å². The fourth-order valence-electron chi connectivity index (χ4n) is 4.54. The van der Waals surface area contributed by atoms with Crippen LogP contribution in [0.1, 0.15) is 46.1 Å². The molecule has 5 nitrogen and oxygen atoms in total. The number of hydrazone groups is 1. The summed E-state index contributed by atoms with van der Waals surface area (Å²) in [6.45, 7) is 9.12. The molecule has 0 unspecified atom stereocenters. The molecule has 1 aromatic heterocycles. The zero-order valence-corrected chi connectivity index (χ0v) is 18.7. The van der Waals surface area contributed by atoms with Crippen LogP contribution in [0.5, 0.6) is 0 Å². The van der Waals surface area contributed by atoms with Gasteiger partial charge in [0.2, 0.25) is 0 Å². The molecule has 150 valence electrons. The van der Waals surface area contributed by atoms with E-state index in [1.54, 1.807) is 16.4 Å². The van der Waals surface area contributed by atoms with Gasteiger partial charge in [0.05, 0.1) is 23.1 Å². The summed E-state index contributed by atoms with van der Waals surface area (Å²) in [5.41, 5.74) is 3.37. The third-order valence-electron chi connectivity index (χ3n) is 5.38. The monoisotopic (exact) mass is 417 g/mol. The summed E-state index contributed by atoms with van der Waals surface area (Å²) in [6, 6.07) is 6.62. The van der Waals surface area contributed by atoms with E-state index >= 15 is 0 Å². The molecule has 0 aliphatic carbocycles. The van der Waals surface area contributed by atoms with Crippen molar-refractivity contribution in [2.45, 2.75) is 57.7 Å². The fourth-order valence-corrected chi connectivity index (χ4v) is 5.88. The summed E-state index contributed by atoms with van der Waals surface area (Å²) in [7, 11) is 1.92. The summed E-state index contributed by atoms with van der Waals surface area (Å²) in [5.74, 6) is 0.882. The maximum atomic E-state index is 6.64. The van der Waals surface area contributed by atoms with Crippen LogP contribution in [-0.2, 0) is 7.05 Å². The number of hydrogen-bond acceptors (Lipinski definition) is 5. The highest BCUT2D eigenvalue weighted by Gasteiger charge is 2.41. The van der Waals surface area contributed by atoms with Gasteiger partial charge >= 0.3 is 0 Å². The lowest BCUT2D eigenvalue weighted by Gasteiger charge is -2.48. The summed E-state index contributed by atoms with van der Waals surface area (Å²) in [6.07, 6.45) is 6.02. The number of benzene rings is 1. The van der Waals surface area contributed by atoms with Crippen LogP contribution < -0.4 is 5.32 Å². The minimum Gasteiger partial charge on any atom is -0.307 e. The third kappa shape index (κ3) is 4.09. The van der Waals surface area contributed by atoms with Crippen molar-refractivity contribution in [2.75, 3.05) is 5.88 Å². The number of halogens is 1. The van der Waals surface area contributed by atoms with Crippen molar-refractivity contribution in [3.63, 3.8) is 0 Å². The van der Waals surface area contributed by atoms with Gasteiger partial charge in [-0.2, -0.15) is 10.2 Å².